The topological polar surface area (TPSA) is 88.5 Å². The smallest absolute Gasteiger partial charge is 0.416 e. The van der Waals surface area contributed by atoms with Crippen LogP contribution in [-0.2, 0) is 22.3 Å². The number of nitrogens with one attached hydrogen (secondary N) is 1. The second-order valence-electron chi connectivity index (χ2n) is 8.06. The highest BCUT2D eigenvalue weighted by Gasteiger charge is 2.32. The Hall–Kier alpha value is -2.69. The number of thiazole rings is 1. The van der Waals surface area contributed by atoms with Gasteiger partial charge in [0.2, 0.25) is 5.91 Å². The number of hydrogen-bond donors (Lipinski definition) is 2. The lowest BCUT2D eigenvalue weighted by molar-refractivity contribution is -0.137. The third-order valence-electron chi connectivity index (χ3n) is 4.81. The van der Waals surface area contributed by atoms with E-state index in [0.717, 1.165) is 12.1 Å². The number of halogens is 4. The average molecular weight is 531 g/mol. The summed E-state index contributed by atoms with van der Waals surface area (Å²) in [5, 5.41) is 13.3. The van der Waals surface area contributed by atoms with Crippen molar-refractivity contribution in [2.75, 3.05) is 13.7 Å². The molecule has 190 valence electrons. The van der Waals surface area contributed by atoms with Gasteiger partial charge in [-0.15, -0.1) is 11.3 Å². The summed E-state index contributed by atoms with van der Waals surface area (Å²) >= 11 is 7.00. The van der Waals surface area contributed by atoms with E-state index in [2.05, 4.69) is 15.0 Å². The van der Waals surface area contributed by atoms with Crippen molar-refractivity contribution < 1.29 is 32.6 Å². The lowest BCUT2D eigenvalue weighted by Crippen LogP contribution is -2.26. The van der Waals surface area contributed by atoms with E-state index >= 15 is 0 Å². The molecule has 2 N–H and O–H groups in total. The monoisotopic (exact) mass is 530 g/mol. The molecular formula is C24H26ClF3N2O4S. The minimum Gasteiger partial charge on any atom is -0.507 e. The number of amides is 1. The van der Waals surface area contributed by atoms with Gasteiger partial charge in [-0.3, -0.25) is 9.59 Å². The summed E-state index contributed by atoms with van der Waals surface area (Å²) in [6.07, 6.45) is -4.43. The van der Waals surface area contributed by atoms with Crippen molar-refractivity contribution >= 4 is 44.8 Å². The van der Waals surface area contributed by atoms with Gasteiger partial charge in [0.1, 0.15) is 12.4 Å². The number of carbonyl (C=O) groups excluding carboxylic acids is 2. The number of methoxy groups -OCH3 is 1. The molecule has 1 heterocycles. The van der Waals surface area contributed by atoms with Gasteiger partial charge >= 0.3 is 6.18 Å². The SMILES string of the molecule is COCC(=O)NCc1cc(C(F)(F)F)cc2sc(C)nc12.Cc1cc(Cl)cc(C(=O)C(C)C)c1O. The largest absolute Gasteiger partial charge is 0.507 e. The van der Waals surface area contributed by atoms with E-state index in [9.17, 15) is 27.9 Å². The fourth-order valence-corrected chi connectivity index (χ4v) is 4.31. The van der Waals surface area contributed by atoms with E-state index in [1.54, 1.807) is 33.8 Å². The van der Waals surface area contributed by atoms with Crippen molar-refractivity contribution in [1.82, 2.24) is 10.3 Å². The summed E-state index contributed by atoms with van der Waals surface area (Å²) in [5.41, 5.74) is 1.03. The minimum atomic E-state index is -4.43. The van der Waals surface area contributed by atoms with Crippen LogP contribution in [0.25, 0.3) is 10.2 Å². The van der Waals surface area contributed by atoms with Crippen LogP contribution in [0.15, 0.2) is 24.3 Å². The lowest BCUT2D eigenvalue weighted by Gasteiger charge is -2.10. The highest BCUT2D eigenvalue weighted by Crippen LogP contribution is 2.35. The molecule has 0 aliphatic rings. The number of aromatic nitrogens is 1. The summed E-state index contributed by atoms with van der Waals surface area (Å²) in [6, 6.07) is 5.25. The Balaban J connectivity index is 0.000000269. The van der Waals surface area contributed by atoms with Gasteiger partial charge in [-0.05, 0) is 49.2 Å². The number of hydrogen-bond acceptors (Lipinski definition) is 6. The maximum Gasteiger partial charge on any atom is 0.416 e. The van der Waals surface area contributed by atoms with Crippen LogP contribution in [-0.4, -0.2) is 35.5 Å². The molecule has 3 rings (SSSR count). The van der Waals surface area contributed by atoms with Crippen molar-refractivity contribution in [3.05, 3.63) is 56.5 Å². The van der Waals surface area contributed by atoms with E-state index in [1.807, 2.05) is 0 Å². The number of phenolic OH excluding ortho intramolecular Hbond substituents is 1. The van der Waals surface area contributed by atoms with Crippen LogP contribution in [0.4, 0.5) is 13.2 Å². The maximum atomic E-state index is 12.9. The van der Waals surface area contributed by atoms with Gasteiger partial charge in [-0.25, -0.2) is 4.98 Å². The van der Waals surface area contributed by atoms with Crippen LogP contribution in [0.5, 0.6) is 5.75 Å². The van der Waals surface area contributed by atoms with Gasteiger partial charge in [0.05, 0.1) is 26.4 Å². The summed E-state index contributed by atoms with van der Waals surface area (Å²) in [6.45, 7) is 6.86. The molecule has 1 amide bonds. The van der Waals surface area contributed by atoms with Gasteiger partial charge in [0.25, 0.3) is 0 Å². The van der Waals surface area contributed by atoms with Crippen molar-refractivity contribution in [3.63, 3.8) is 0 Å². The van der Waals surface area contributed by atoms with Crippen LogP contribution in [0.3, 0.4) is 0 Å². The number of Topliss-reactive ketones (excluding diaryl/α,β-unsaturated/α-hetero) is 1. The van der Waals surface area contributed by atoms with E-state index < -0.39 is 17.6 Å². The highest BCUT2D eigenvalue weighted by atomic mass is 35.5. The molecule has 0 spiro atoms. The number of ketones is 1. The Morgan fingerprint density at radius 2 is 1.86 bits per heavy atom. The minimum absolute atomic E-state index is 0.0220. The number of carbonyl (C=O) groups is 2. The molecule has 0 aliphatic carbocycles. The van der Waals surface area contributed by atoms with E-state index in [1.165, 1.54) is 24.5 Å². The fraction of sp³-hybridized carbons (Fsp3) is 0.375. The Labute approximate surface area is 210 Å². The molecule has 0 radical (unpaired) electrons. The molecule has 35 heavy (non-hydrogen) atoms. The fourth-order valence-electron chi connectivity index (χ4n) is 3.12. The first-order chi connectivity index (χ1) is 16.2. The zero-order valence-electron chi connectivity index (χ0n) is 19.8. The van der Waals surface area contributed by atoms with Crippen molar-refractivity contribution in [3.8, 4) is 5.75 Å². The highest BCUT2D eigenvalue weighted by molar-refractivity contribution is 7.18. The van der Waals surface area contributed by atoms with Gasteiger partial charge in [0.15, 0.2) is 5.78 Å². The van der Waals surface area contributed by atoms with Crippen LogP contribution >= 0.6 is 22.9 Å². The first-order valence-corrected chi connectivity index (χ1v) is 11.7. The number of fused-ring (bicyclic) bond motifs is 1. The molecule has 6 nitrogen and oxygen atoms in total. The number of benzene rings is 2. The Morgan fingerprint density at radius 1 is 1.20 bits per heavy atom. The first-order valence-electron chi connectivity index (χ1n) is 10.5. The van der Waals surface area contributed by atoms with Gasteiger partial charge < -0.3 is 15.2 Å². The van der Waals surface area contributed by atoms with E-state index in [4.69, 9.17) is 11.6 Å². The standard InChI is InChI=1S/C13H13F3N2O2S.C11H13ClO2/c1-7-18-12-8(5-17-11(19)6-20-2)3-9(13(14,15)16)4-10(12)21-7;1-6(2)10(13)9-5-8(12)4-7(3)11(9)14/h3-4H,5-6H2,1-2H3,(H,17,19);4-6,14H,1-3H3. The van der Waals surface area contributed by atoms with Crippen LogP contribution in [0, 0.1) is 19.8 Å². The van der Waals surface area contributed by atoms with Crippen LogP contribution in [0.1, 0.15) is 45.9 Å². The molecule has 11 heteroatoms. The number of aromatic hydroxyl groups is 1. The molecule has 0 bridgehead atoms. The Bertz CT molecular complexity index is 1230. The molecule has 0 fully saturated rings. The normalized spacial score (nSPS) is 11.4. The molecule has 0 saturated heterocycles. The zero-order valence-corrected chi connectivity index (χ0v) is 21.4. The van der Waals surface area contributed by atoms with Gasteiger partial charge in [-0.1, -0.05) is 25.4 Å². The second kappa shape index (κ2) is 11.8. The number of phenols is 1. The quantitative estimate of drug-likeness (QED) is 0.377. The maximum absolute atomic E-state index is 12.9. The summed E-state index contributed by atoms with van der Waals surface area (Å²) in [5.74, 6) is -0.588. The summed E-state index contributed by atoms with van der Waals surface area (Å²) in [4.78, 5) is 27.2. The molecule has 0 aliphatic heterocycles. The predicted molar refractivity (Wildman–Crippen MR) is 130 cm³/mol. The number of alkyl halides is 3. The lowest BCUT2D eigenvalue weighted by atomic mass is 9.98. The van der Waals surface area contributed by atoms with E-state index in [0.29, 0.717) is 36.9 Å². The third-order valence-corrected chi connectivity index (χ3v) is 5.95. The van der Waals surface area contributed by atoms with Gasteiger partial charge in [0, 0.05) is 24.6 Å². The Morgan fingerprint density at radius 3 is 2.43 bits per heavy atom. The van der Waals surface area contributed by atoms with Gasteiger partial charge in [-0.2, -0.15) is 13.2 Å². The molecule has 2 aromatic carbocycles. The Kier molecular flexibility index (Phi) is 9.65. The first kappa shape index (κ1) is 28.5. The number of aryl methyl sites for hydroxylation is 2. The molecular weight excluding hydrogens is 505 g/mol. The zero-order chi connectivity index (χ0) is 26.5. The van der Waals surface area contributed by atoms with Crippen LogP contribution < -0.4 is 5.32 Å². The molecule has 0 unspecified atom stereocenters. The number of rotatable bonds is 6. The van der Waals surface area contributed by atoms with Crippen LogP contribution in [0.2, 0.25) is 5.02 Å². The van der Waals surface area contributed by atoms with E-state index in [-0.39, 0.29) is 30.6 Å². The molecule has 0 saturated carbocycles. The number of ether oxygens (including phenoxy) is 1. The number of nitrogens with zero attached hydrogens (tertiary/aromatic N) is 1. The van der Waals surface area contributed by atoms with Crippen molar-refractivity contribution in [2.45, 2.75) is 40.4 Å². The average Bonchev–Trinajstić information content (AvgIpc) is 3.14. The molecule has 3 aromatic rings. The molecule has 0 atom stereocenters. The second-order valence-corrected chi connectivity index (χ2v) is 9.73. The molecule has 1 aromatic heterocycles. The predicted octanol–water partition coefficient (Wildman–Crippen LogP) is 6.08. The van der Waals surface area contributed by atoms with Crippen molar-refractivity contribution in [1.29, 1.82) is 0 Å². The summed E-state index contributed by atoms with van der Waals surface area (Å²) < 4.78 is 43.8. The van der Waals surface area contributed by atoms with Crippen molar-refractivity contribution in [2.24, 2.45) is 5.92 Å². The third kappa shape index (κ3) is 7.65. The summed E-state index contributed by atoms with van der Waals surface area (Å²) in [7, 11) is 1.37.